The third-order valence-electron chi connectivity index (χ3n) is 4.99. The molecular weight excluding hydrogens is 360 g/mol. The standard InChI is InChI=1S/C18H21BrO4/c1-22-16-6-5-15(19)9-14(16)10-23-18(21)13-7-11-3-2-4-12(8-13)17(11)20/h5-6,9,11-13H,2-4,7-8,10H2,1H3/t11-,12+,13?. The van der Waals surface area contributed by atoms with Crippen LogP contribution in [0.1, 0.15) is 37.7 Å². The second-order valence-electron chi connectivity index (χ2n) is 6.46. The molecule has 0 spiro atoms. The molecule has 2 aliphatic carbocycles. The highest BCUT2D eigenvalue weighted by Gasteiger charge is 2.41. The highest BCUT2D eigenvalue weighted by Crippen LogP contribution is 2.40. The lowest BCUT2D eigenvalue weighted by molar-refractivity contribution is -0.154. The first-order valence-corrected chi connectivity index (χ1v) is 8.90. The summed E-state index contributed by atoms with van der Waals surface area (Å²) in [4.78, 5) is 24.5. The molecule has 5 heteroatoms. The molecule has 0 saturated heterocycles. The molecule has 1 unspecified atom stereocenters. The highest BCUT2D eigenvalue weighted by molar-refractivity contribution is 9.10. The monoisotopic (exact) mass is 380 g/mol. The molecular formula is C18H21BrO4. The molecule has 2 bridgehead atoms. The van der Waals surface area contributed by atoms with Gasteiger partial charge in [-0.25, -0.2) is 0 Å². The van der Waals surface area contributed by atoms with E-state index < -0.39 is 0 Å². The SMILES string of the molecule is COc1ccc(Br)cc1COC(=O)C1C[C@H]2CCC[C@@H](C1)C2=O. The van der Waals surface area contributed by atoms with Crippen LogP contribution < -0.4 is 4.74 Å². The summed E-state index contributed by atoms with van der Waals surface area (Å²) < 4.78 is 11.7. The Morgan fingerprint density at radius 2 is 1.96 bits per heavy atom. The van der Waals surface area contributed by atoms with Crippen LogP contribution >= 0.6 is 15.9 Å². The third kappa shape index (κ3) is 3.60. The van der Waals surface area contributed by atoms with Crippen LogP contribution in [0.15, 0.2) is 22.7 Å². The Kier molecular flexibility index (Phi) is 5.05. The molecule has 3 atom stereocenters. The van der Waals surface area contributed by atoms with Gasteiger partial charge in [0, 0.05) is 21.9 Å². The zero-order chi connectivity index (χ0) is 16.4. The van der Waals surface area contributed by atoms with Crippen LogP contribution in [0.25, 0.3) is 0 Å². The number of hydrogen-bond acceptors (Lipinski definition) is 4. The van der Waals surface area contributed by atoms with E-state index in [4.69, 9.17) is 9.47 Å². The number of carbonyl (C=O) groups is 2. The number of esters is 1. The number of halogens is 1. The third-order valence-corrected chi connectivity index (χ3v) is 5.49. The lowest BCUT2D eigenvalue weighted by Gasteiger charge is -2.36. The van der Waals surface area contributed by atoms with Crippen molar-refractivity contribution in [1.82, 2.24) is 0 Å². The number of ketones is 1. The van der Waals surface area contributed by atoms with Gasteiger partial charge in [-0.05, 0) is 43.9 Å². The topological polar surface area (TPSA) is 52.6 Å². The Bertz CT molecular complexity index is 597. The fourth-order valence-electron chi connectivity index (χ4n) is 3.80. The number of methoxy groups -OCH3 is 1. The summed E-state index contributed by atoms with van der Waals surface area (Å²) in [5.74, 6) is 0.893. The van der Waals surface area contributed by atoms with Crippen molar-refractivity contribution in [3.63, 3.8) is 0 Å². The minimum absolute atomic E-state index is 0.0699. The Morgan fingerprint density at radius 1 is 1.26 bits per heavy atom. The van der Waals surface area contributed by atoms with E-state index in [0.717, 1.165) is 29.3 Å². The number of rotatable bonds is 4. The number of fused-ring (bicyclic) bond motifs is 2. The van der Waals surface area contributed by atoms with Crippen LogP contribution in [-0.2, 0) is 20.9 Å². The first-order valence-electron chi connectivity index (χ1n) is 8.11. The molecule has 2 saturated carbocycles. The maximum Gasteiger partial charge on any atom is 0.309 e. The molecule has 23 heavy (non-hydrogen) atoms. The predicted molar refractivity (Wildman–Crippen MR) is 89.1 cm³/mol. The van der Waals surface area contributed by atoms with E-state index in [2.05, 4.69) is 15.9 Å². The van der Waals surface area contributed by atoms with E-state index in [9.17, 15) is 9.59 Å². The number of Topliss-reactive ketones (excluding diaryl/α,β-unsaturated/α-hetero) is 1. The molecule has 0 heterocycles. The van der Waals surface area contributed by atoms with Crippen molar-refractivity contribution in [2.24, 2.45) is 17.8 Å². The zero-order valence-electron chi connectivity index (χ0n) is 13.2. The van der Waals surface area contributed by atoms with Gasteiger partial charge in [-0.1, -0.05) is 22.4 Å². The van der Waals surface area contributed by atoms with Crippen molar-refractivity contribution in [2.45, 2.75) is 38.7 Å². The second-order valence-corrected chi connectivity index (χ2v) is 7.38. The summed E-state index contributed by atoms with van der Waals surface area (Å²) in [7, 11) is 1.60. The van der Waals surface area contributed by atoms with Crippen molar-refractivity contribution in [1.29, 1.82) is 0 Å². The normalized spacial score (nSPS) is 26.7. The zero-order valence-corrected chi connectivity index (χ0v) is 14.8. The van der Waals surface area contributed by atoms with E-state index in [0.29, 0.717) is 24.4 Å². The fourth-order valence-corrected chi connectivity index (χ4v) is 4.21. The maximum absolute atomic E-state index is 12.4. The highest BCUT2D eigenvalue weighted by atomic mass is 79.9. The molecule has 1 aromatic carbocycles. The summed E-state index contributed by atoms with van der Waals surface area (Å²) >= 11 is 3.41. The summed E-state index contributed by atoms with van der Waals surface area (Å²) in [5, 5.41) is 0. The molecule has 0 aromatic heterocycles. The van der Waals surface area contributed by atoms with Gasteiger partial charge in [-0.15, -0.1) is 0 Å². The lowest BCUT2D eigenvalue weighted by atomic mass is 9.67. The molecule has 0 radical (unpaired) electrons. The van der Waals surface area contributed by atoms with Gasteiger partial charge in [0.1, 0.15) is 18.1 Å². The van der Waals surface area contributed by atoms with Crippen LogP contribution in [0, 0.1) is 17.8 Å². The number of benzene rings is 1. The number of carbonyl (C=O) groups excluding carboxylic acids is 2. The van der Waals surface area contributed by atoms with Crippen LogP contribution in [-0.4, -0.2) is 18.9 Å². The van der Waals surface area contributed by atoms with Crippen molar-refractivity contribution in [3.05, 3.63) is 28.2 Å². The van der Waals surface area contributed by atoms with Crippen LogP contribution in [0.2, 0.25) is 0 Å². The van der Waals surface area contributed by atoms with Crippen LogP contribution in [0.4, 0.5) is 0 Å². The quantitative estimate of drug-likeness (QED) is 0.743. The Morgan fingerprint density at radius 3 is 2.61 bits per heavy atom. The van der Waals surface area contributed by atoms with Gasteiger partial charge in [-0.2, -0.15) is 0 Å². The average molecular weight is 381 g/mol. The van der Waals surface area contributed by atoms with E-state index in [1.165, 1.54) is 0 Å². The van der Waals surface area contributed by atoms with Gasteiger partial charge >= 0.3 is 5.97 Å². The number of hydrogen-bond donors (Lipinski definition) is 0. The minimum atomic E-state index is -0.184. The van der Waals surface area contributed by atoms with Gasteiger partial charge in [-0.3, -0.25) is 9.59 Å². The molecule has 0 aliphatic heterocycles. The van der Waals surface area contributed by atoms with Gasteiger partial charge in [0.25, 0.3) is 0 Å². The van der Waals surface area contributed by atoms with Gasteiger partial charge in [0.05, 0.1) is 13.0 Å². The molecule has 0 N–H and O–H groups in total. The summed E-state index contributed by atoms with van der Waals surface area (Å²) in [6, 6.07) is 5.63. The number of ether oxygens (including phenoxy) is 2. The average Bonchev–Trinajstić information content (AvgIpc) is 2.52. The molecule has 2 aliphatic rings. The smallest absolute Gasteiger partial charge is 0.309 e. The molecule has 0 amide bonds. The van der Waals surface area contributed by atoms with E-state index in [-0.39, 0.29) is 30.3 Å². The predicted octanol–water partition coefficient (Wildman–Crippen LogP) is 3.90. The van der Waals surface area contributed by atoms with E-state index >= 15 is 0 Å². The maximum atomic E-state index is 12.4. The molecule has 4 nitrogen and oxygen atoms in total. The Balaban J connectivity index is 1.62. The Hall–Kier alpha value is -1.36. The lowest BCUT2D eigenvalue weighted by Crippen LogP contribution is -2.39. The van der Waals surface area contributed by atoms with Gasteiger partial charge in [0.2, 0.25) is 0 Å². The summed E-state index contributed by atoms with van der Waals surface area (Å²) in [6.07, 6.45) is 4.28. The fraction of sp³-hybridized carbons (Fsp3) is 0.556. The first kappa shape index (κ1) is 16.5. The molecule has 2 fully saturated rings. The van der Waals surface area contributed by atoms with Crippen molar-refractivity contribution in [3.8, 4) is 5.75 Å². The van der Waals surface area contributed by atoms with Crippen LogP contribution in [0.5, 0.6) is 5.75 Å². The van der Waals surface area contributed by atoms with Crippen molar-refractivity contribution in [2.75, 3.05) is 7.11 Å². The van der Waals surface area contributed by atoms with Crippen LogP contribution in [0.3, 0.4) is 0 Å². The van der Waals surface area contributed by atoms with Gasteiger partial charge in [0.15, 0.2) is 0 Å². The van der Waals surface area contributed by atoms with Gasteiger partial charge < -0.3 is 9.47 Å². The van der Waals surface area contributed by atoms with E-state index in [1.807, 2.05) is 18.2 Å². The first-order chi connectivity index (χ1) is 11.1. The van der Waals surface area contributed by atoms with Crippen molar-refractivity contribution >= 4 is 27.7 Å². The molecule has 1 aromatic rings. The summed E-state index contributed by atoms with van der Waals surface area (Å²) in [5.41, 5.74) is 0.835. The van der Waals surface area contributed by atoms with E-state index in [1.54, 1.807) is 7.11 Å². The molecule has 124 valence electrons. The minimum Gasteiger partial charge on any atom is -0.496 e. The summed E-state index contributed by atoms with van der Waals surface area (Å²) in [6.45, 7) is 0.196. The Labute approximate surface area is 144 Å². The van der Waals surface area contributed by atoms with Crippen molar-refractivity contribution < 1.29 is 19.1 Å². The molecule has 3 rings (SSSR count). The largest absolute Gasteiger partial charge is 0.496 e. The second kappa shape index (κ2) is 7.04.